The summed E-state index contributed by atoms with van der Waals surface area (Å²) >= 11 is 0.963. The van der Waals surface area contributed by atoms with Gasteiger partial charge in [0, 0.05) is 5.92 Å². The molecule has 0 saturated heterocycles. The van der Waals surface area contributed by atoms with Crippen molar-refractivity contribution in [3.63, 3.8) is 0 Å². The van der Waals surface area contributed by atoms with Gasteiger partial charge in [0.25, 0.3) is 5.91 Å². The Morgan fingerprint density at radius 3 is 2.88 bits per heavy atom. The summed E-state index contributed by atoms with van der Waals surface area (Å²) in [5, 5.41) is 10.0. The molecule has 0 radical (unpaired) electrons. The summed E-state index contributed by atoms with van der Waals surface area (Å²) in [4.78, 5) is 26.0. The minimum Gasteiger partial charge on any atom is -0.467 e. The highest BCUT2D eigenvalue weighted by molar-refractivity contribution is 7.07. The standard InChI is InChI=1S/C23H22N4O5S/c1-2-17-22(33-26-24-17)23(29)32-13-19(28)27-21(18-9-5-11-31-18)16-8-3-6-14(20(16)25-27)12-15-7-4-10-30-15/h4-5,7,9-12,16,21H,2-3,6,8,13H2,1H3/b14-12-. The summed E-state index contributed by atoms with van der Waals surface area (Å²) < 4.78 is 20.3. The third-order valence-electron chi connectivity index (χ3n) is 5.85. The van der Waals surface area contributed by atoms with E-state index < -0.39 is 24.5 Å². The van der Waals surface area contributed by atoms with Crippen LogP contribution in [0, 0.1) is 5.92 Å². The van der Waals surface area contributed by atoms with E-state index >= 15 is 0 Å². The van der Waals surface area contributed by atoms with Crippen molar-refractivity contribution in [2.45, 2.75) is 38.6 Å². The summed E-state index contributed by atoms with van der Waals surface area (Å²) in [5.41, 5.74) is 2.44. The van der Waals surface area contributed by atoms with E-state index in [0.29, 0.717) is 22.8 Å². The molecule has 1 saturated carbocycles. The van der Waals surface area contributed by atoms with Crippen LogP contribution in [0.2, 0.25) is 0 Å². The predicted octanol–water partition coefficient (Wildman–Crippen LogP) is 4.27. The smallest absolute Gasteiger partial charge is 0.352 e. The molecule has 3 aromatic rings. The first-order valence-electron chi connectivity index (χ1n) is 10.8. The van der Waals surface area contributed by atoms with Crippen LogP contribution in [0.15, 0.2) is 56.3 Å². The van der Waals surface area contributed by atoms with Gasteiger partial charge < -0.3 is 13.6 Å². The summed E-state index contributed by atoms with van der Waals surface area (Å²) in [6, 6.07) is 6.97. The Kier molecular flexibility index (Phi) is 5.91. The Balaban J connectivity index is 1.40. The highest BCUT2D eigenvalue weighted by Crippen LogP contribution is 2.44. The molecule has 2 unspecified atom stereocenters. The van der Waals surface area contributed by atoms with Crippen molar-refractivity contribution in [1.29, 1.82) is 0 Å². The third kappa shape index (κ3) is 4.13. The molecule has 0 N–H and O–H groups in total. The first-order chi connectivity index (χ1) is 16.2. The van der Waals surface area contributed by atoms with Crippen molar-refractivity contribution in [3.05, 3.63) is 64.5 Å². The molecule has 0 spiro atoms. The van der Waals surface area contributed by atoms with Crippen molar-refractivity contribution in [3.8, 4) is 0 Å². The molecular weight excluding hydrogens is 444 g/mol. The van der Waals surface area contributed by atoms with Crippen molar-refractivity contribution in [2.75, 3.05) is 6.61 Å². The van der Waals surface area contributed by atoms with E-state index in [9.17, 15) is 9.59 Å². The number of aromatic nitrogens is 2. The van der Waals surface area contributed by atoms with Crippen LogP contribution in [0.5, 0.6) is 0 Å². The number of furan rings is 2. The van der Waals surface area contributed by atoms with Gasteiger partial charge in [-0.15, -0.1) is 5.10 Å². The highest BCUT2D eigenvalue weighted by Gasteiger charge is 2.45. The van der Waals surface area contributed by atoms with Crippen LogP contribution in [-0.2, 0) is 16.0 Å². The maximum atomic E-state index is 13.2. The molecule has 1 aliphatic carbocycles. The summed E-state index contributed by atoms with van der Waals surface area (Å²) in [5.74, 6) is 0.360. The quantitative estimate of drug-likeness (QED) is 0.499. The Labute approximate surface area is 193 Å². The van der Waals surface area contributed by atoms with E-state index in [4.69, 9.17) is 18.7 Å². The highest BCUT2D eigenvalue weighted by atomic mass is 32.1. The lowest BCUT2D eigenvalue weighted by Crippen LogP contribution is -2.34. The lowest BCUT2D eigenvalue weighted by molar-refractivity contribution is -0.137. The molecule has 0 bridgehead atoms. The number of carbonyl (C=O) groups is 2. The molecule has 33 heavy (non-hydrogen) atoms. The molecule has 10 heteroatoms. The number of ether oxygens (including phenoxy) is 1. The maximum absolute atomic E-state index is 13.2. The zero-order valence-electron chi connectivity index (χ0n) is 18.0. The molecule has 1 amide bonds. The van der Waals surface area contributed by atoms with E-state index in [2.05, 4.69) is 9.59 Å². The molecule has 170 valence electrons. The fourth-order valence-electron chi connectivity index (χ4n) is 4.34. The van der Waals surface area contributed by atoms with Crippen molar-refractivity contribution in [1.82, 2.24) is 14.6 Å². The lowest BCUT2D eigenvalue weighted by atomic mass is 9.79. The van der Waals surface area contributed by atoms with Gasteiger partial charge in [0.2, 0.25) is 0 Å². The van der Waals surface area contributed by atoms with Crippen molar-refractivity contribution >= 4 is 35.2 Å². The number of hydrogen-bond donors (Lipinski definition) is 0. The Morgan fingerprint density at radius 2 is 2.12 bits per heavy atom. The number of carbonyl (C=O) groups excluding carboxylic acids is 2. The van der Waals surface area contributed by atoms with Gasteiger partial charge in [0.05, 0.1) is 23.9 Å². The fraction of sp³-hybridized carbons (Fsp3) is 0.348. The molecule has 3 aromatic heterocycles. The van der Waals surface area contributed by atoms with Gasteiger partial charge >= 0.3 is 5.97 Å². The van der Waals surface area contributed by atoms with E-state index in [0.717, 1.165) is 47.8 Å². The number of aryl methyl sites for hydroxylation is 1. The molecule has 5 rings (SSSR count). The number of rotatable bonds is 6. The summed E-state index contributed by atoms with van der Waals surface area (Å²) in [6.45, 7) is 1.44. The molecule has 9 nitrogen and oxygen atoms in total. The minimum atomic E-state index is -0.604. The van der Waals surface area contributed by atoms with Gasteiger partial charge in [0.1, 0.15) is 17.6 Å². The minimum absolute atomic E-state index is 0.0110. The maximum Gasteiger partial charge on any atom is 0.352 e. The van der Waals surface area contributed by atoms with Crippen LogP contribution in [0.1, 0.15) is 59.1 Å². The SMILES string of the molecule is CCc1nnsc1C(=O)OCC(=O)N1N=C2/C(=C\c3ccco3)CCCC2C1c1ccco1. The van der Waals surface area contributed by atoms with Crippen LogP contribution in [0.25, 0.3) is 6.08 Å². The molecule has 0 aromatic carbocycles. The first-order valence-corrected chi connectivity index (χ1v) is 11.6. The monoisotopic (exact) mass is 466 g/mol. The molecule has 4 heterocycles. The van der Waals surface area contributed by atoms with Gasteiger partial charge in [0.15, 0.2) is 11.5 Å². The molecule has 1 fully saturated rings. The molecular formula is C23H22N4O5S. The Hall–Kier alpha value is -3.53. The van der Waals surface area contributed by atoms with Gasteiger partial charge in [-0.3, -0.25) is 4.79 Å². The van der Waals surface area contributed by atoms with E-state index in [-0.39, 0.29) is 5.92 Å². The topological polar surface area (TPSA) is 111 Å². The third-order valence-corrected chi connectivity index (χ3v) is 6.60. The predicted molar refractivity (Wildman–Crippen MR) is 119 cm³/mol. The largest absolute Gasteiger partial charge is 0.467 e. The van der Waals surface area contributed by atoms with Crippen molar-refractivity contribution in [2.24, 2.45) is 11.0 Å². The zero-order chi connectivity index (χ0) is 22.8. The average Bonchev–Trinajstić information content (AvgIpc) is 3.62. The number of esters is 1. The van der Waals surface area contributed by atoms with E-state index in [1.165, 1.54) is 5.01 Å². The number of nitrogens with zero attached hydrogens (tertiary/aromatic N) is 4. The second-order valence-corrected chi connectivity index (χ2v) is 8.60. The Morgan fingerprint density at radius 1 is 1.27 bits per heavy atom. The first kappa shape index (κ1) is 21.3. The van der Waals surface area contributed by atoms with Crippen LogP contribution in [0.4, 0.5) is 0 Å². The van der Waals surface area contributed by atoms with Crippen LogP contribution in [0.3, 0.4) is 0 Å². The number of hydrazone groups is 1. The van der Waals surface area contributed by atoms with Gasteiger partial charge in [-0.25, -0.2) is 9.80 Å². The normalized spacial score (nSPS) is 21.2. The van der Waals surface area contributed by atoms with Crippen LogP contribution < -0.4 is 0 Å². The van der Waals surface area contributed by atoms with E-state index in [1.807, 2.05) is 31.2 Å². The number of allylic oxidation sites excluding steroid dienone is 1. The van der Waals surface area contributed by atoms with Crippen LogP contribution >= 0.6 is 11.5 Å². The van der Waals surface area contributed by atoms with Gasteiger partial charge in [-0.05, 0) is 73.1 Å². The summed E-state index contributed by atoms with van der Waals surface area (Å²) in [7, 11) is 0. The number of fused-ring (bicyclic) bond motifs is 1. The van der Waals surface area contributed by atoms with E-state index in [1.54, 1.807) is 18.6 Å². The fourth-order valence-corrected chi connectivity index (χ4v) is 4.99. The average molecular weight is 467 g/mol. The van der Waals surface area contributed by atoms with Gasteiger partial charge in [-0.1, -0.05) is 11.4 Å². The number of hydrogen-bond acceptors (Lipinski definition) is 9. The lowest BCUT2D eigenvalue weighted by Gasteiger charge is -2.27. The molecule has 2 aliphatic rings. The van der Waals surface area contributed by atoms with Crippen LogP contribution in [-0.4, -0.2) is 38.8 Å². The summed E-state index contributed by atoms with van der Waals surface area (Å²) in [6.07, 6.45) is 8.42. The Bertz CT molecular complexity index is 1200. The zero-order valence-corrected chi connectivity index (χ0v) is 18.8. The van der Waals surface area contributed by atoms with Crippen molar-refractivity contribution < 1.29 is 23.2 Å². The molecule has 1 aliphatic heterocycles. The molecule has 2 atom stereocenters. The van der Waals surface area contributed by atoms with Gasteiger partial charge in [-0.2, -0.15) is 5.10 Å². The second-order valence-electron chi connectivity index (χ2n) is 7.85. The second kappa shape index (κ2) is 9.14. The number of amides is 1.